The van der Waals surface area contributed by atoms with E-state index in [1.807, 2.05) is 36.0 Å². The predicted molar refractivity (Wildman–Crippen MR) is 99.5 cm³/mol. The highest BCUT2D eigenvalue weighted by Gasteiger charge is 2.22. The van der Waals surface area contributed by atoms with Crippen molar-refractivity contribution in [3.63, 3.8) is 0 Å². The van der Waals surface area contributed by atoms with Gasteiger partial charge in [-0.15, -0.1) is 0 Å². The standard InChI is InChI=1S/C19H20N2O3S/c20-16-10-18-17(23-12-24-18)9-15(16)19(22)14-4-2-1-3-13(14)11-21-5-7-25-8-6-21/h1-4,9-10H,5-8,11-12,20H2. The van der Waals surface area contributed by atoms with Crippen LogP contribution in [0.2, 0.25) is 0 Å². The Morgan fingerprint density at radius 2 is 1.80 bits per heavy atom. The van der Waals surface area contributed by atoms with E-state index < -0.39 is 0 Å². The fraction of sp³-hybridized carbons (Fsp3) is 0.316. The first-order chi connectivity index (χ1) is 12.2. The number of rotatable bonds is 4. The molecule has 0 saturated carbocycles. The van der Waals surface area contributed by atoms with Crippen molar-refractivity contribution in [3.8, 4) is 11.5 Å². The highest BCUT2D eigenvalue weighted by atomic mass is 32.2. The number of ketones is 1. The summed E-state index contributed by atoms with van der Waals surface area (Å²) in [5.74, 6) is 3.38. The number of anilines is 1. The third-order valence-electron chi connectivity index (χ3n) is 4.55. The lowest BCUT2D eigenvalue weighted by Crippen LogP contribution is -2.32. The number of nitrogens with two attached hydrogens (primary N) is 1. The van der Waals surface area contributed by atoms with Crippen LogP contribution in [0.25, 0.3) is 0 Å². The number of nitrogens with zero attached hydrogens (tertiary/aromatic N) is 1. The van der Waals surface area contributed by atoms with E-state index in [-0.39, 0.29) is 12.6 Å². The van der Waals surface area contributed by atoms with Crippen molar-refractivity contribution >= 4 is 23.2 Å². The molecule has 0 aliphatic carbocycles. The number of thioether (sulfide) groups is 1. The minimum absolute atomic E-state index is 0.0715. The Hall–Kier alpha value is -2.18. The second-order valence-corrected chi connectivity index (χ2v) is 7.39. The molecule has 0 amide bonds. The van der Waals surface area contributed by atoms with Crippen LogP contribution in [-0.4, -0.2) is 42.1 Å². The summed E-state index contributed by atoms with van der Waals surface area (Å²) in [6, 6.07) is 11.1. The van der Waals surface area contributed by atoms with E-state index >= 15 is 0 Å². The number of nitrogen functional groups attached to an aromatic ring is 1. The summed E-state index contributed by atoms with van der Waals surface area (Å²) < 4.78 is 10.7. The lowest BCUT2D eigenvalue weighted by atomic mass is 9.96. The number of carbonyl (C=O) groups excluding carboxylic acids is 1. The minimum atomic E-state index is -0.0715. The second-order valence-electron chi connectivity index (χ2n) is 6.17. The summed E-state index contributed by atoms with van der Waals surface area (Å²) in [5.41, 5.74) is 8.71. The Morgan fingerprint density at radius 3 is 2.60 bits per heavy atom. The first kappa shape index (κ1) is 16.3. The molecule has 2 aromatic rings. The molecule has 1 fully saturated rings. The van der Waals surface area contributed by atoms with Crippen LogP contribution in [-0.2, 0) is 6.54 Å². The molecule has 2 aliphatic heterocycles. The van der Waals surface area contributed by atoms with Gasteiger partial charge in [-0.05, 0) is 11.6 Å². The van der Waals surface area contributed by atoms with Gasteiger partial charge in [-0.1, -0.05) is 24.3 Å². The fourth-order valence-electron chi connectivity index (χ4n) is 3.18. The molecule has 6 heteroatoms. The monoisotopic (exact) mass is 356 g/mol. The number of hydrogen-bond donors (Lipinski definition) is 1. The fourth-order valence-corrected chi connectivity index (χ4v) is 4.16. The number of ether oxygens (including phenoxy) is 2. The number of carbonyl (C=O) groups is 1. The molecular weight excluding hydrogens is 336 g/mol. The van der Waals surface area contributed by atoms with Crippen molar-refractivity contribution in [1.82, 2.24) is 4.90 Å². The average molecular weight is 356 g/mol. The van der Waals surface area contributed by atoms with Gasteiger partial charge in [-0.2, -0.15) is 11.8 Å². The van der Waals surface area contributed by atoms with Crippen molar-refractivity contribution in [1.29, 1.82) is 0 Å². The summed E-state index contributed by atoms with van der Waals surface area (Å²) in [6.45, 7) is 3.06. The van der Waals surface area contributed by atoms with Crippen LogP contribution in [0.3, 0.4) is 0 Å². The van der Waals surface area contributed by atoms with Crippen molar-refractivity contribution in [3.05, 3.63) is 53.1 Å². The topological polar surface area (TPSA) is 64.8 Å². The Balaban J connectivity index is 1.64. The number of fused-ring (bicyclic) bond motifs is 1. The predicted octanol–water partition coefficient (Wildman–Crippen LogP) is 2.78. The van der Waals surface area contributed by atoms with E-state index in [0.29, 0.717) is 28.3 Å². The Kier molecular flexibility index (Phi) is 4.55. The van der Waals surface area contributed by atoms with Crippen LogP contribution in [0.5, 0.6) is 11.5 Å². The van der Waals surface area contributed by atoms with Crippen LogP contribution in [0, 0.1) is 0 Å². The van der Waals surface area contributed by atoms with Gasteiger partial charge < -0.3 is 15.2 Å². The first-order valence-electron chi connectivity index (χ1n) is 8.34. The summed E-state index contributed by atoms with van der Waals surface area (Å²) in [5, 5.41) is 0. The van der Waals surface area contributed by atoms with E-state index in [0.717, 1.165) is 36.7 Å². The Morgan fingerprint density at radius 1 is 1.08 bits per heavy atom. The van der Waals surface area contributed by atoms with E-state index in [9.17, 15) is 4.79 Å². The maximum atomic E-state index is 13.1. The smallest absolute Gasteiger partial charge is 0.231 e. The summed E-state index contributed by atoms with van der Waals surface area (Å²) >= 11 is 1.98. The molecule has 1 saturated heterocycles. The zero-order valence-corrected chi connectivity index (χ0v) is 14.7. The normalized spacial score (nSPS) is 16.8. The van der Waals surface area contributed by atoms with E-state index in [2.05, 4.69) is 4.90 Å². The first-order valence-corrected chi connectivity index (χ1v) is 9.49. The summed E-state index contributed by atoms with van der Waals surface area (Å²) in [7, 11) is 0. The molecule has 0 spiro atoms. The lowest BCUT2D eigenvalue weighted by Gasteiger charge is -2.26. The third kappa shape index (κ3) is 3.32. The SMILES string of the molecule is Nc1cc2c(cc1C(=O)c1ccccc1CN1CCSCC1)OCO2. The van der Waals surface area contributed by atoms with Gasteiger partial charge in [0.1, 0.15) is 0 Å². The van der Waals surface area contributed by atoms with Gasteiger partial charge in [0.2, 0.25) is 6.79 Å². The molecule has 2 N–H and O–H groups in total. The van der Waals surface area contributed by atoms with Crippen LogP contribution in [0.1, 0.15) is 21.5 Å². The Bertz CT molecular complexity index is 803. The van der Waals surface area contributed by atoms with Gasteiger partial charge in [0, 0.05) is 54.0 Å². The van der Waals surface area contributed by atoms with Crippen molar-refractivity contribution in [2.45, 2.75) is 6.54 Å². The molecule has 130 valence electrons. The summed E-state index contributed by atoms with van der Waals surface area (Å²) in [6.07, 6.45) is 0. The minimum Gasteiger partial charge on any atom is -0.454 e. The molecule has 2 aromatic carbocycles. The molecule has 0 aromatic heterocycles. The van der Waals surface area contributed by atoms with E-state index in [4.69, 9.17) is 15.2 Å². The van der Waals surface area contributed by atoms with Crippen LogP contribution in [0.15, 0.2) is 36.4 Å². The van der Waals surface area contributed by atoms with Gasteiger partial charge in [-0.25, -0.2) is 0 Å². The highest BCUT2D eigenvalue weighted by Crippen LogP contribution is 2.37. The number of hydrogen-bond acceptors (Lipinski definition) is 6. The third-order valence-corrected chi connectivity index (χ3v) is 5.49. The molecule has 0 atom stereocenters. The van der Waals surface area contributed by atoms with Crippen LogP contribution >= 0.6 is 11.8 Å². The molecule has 0 unspecified atom stereocenters. The molecule has 2 heterocycles. The molecule has 25 heavy (non-hydrogen) atoms. The highest BCUT2D eigenvalue weighted by molar-refractivity contribution is 7.99. The lowest BCUT2D eigenvalue weighted by molar-refractivity contribution is 0.103. The van der Waals surface area contributed by atoms with Gasteiger partial charge >= 0.3 is 0 Å². The second kappa shape index (κ2) is 6.98. The van der Waals surface area contributed by atoms with Gasteiger partial charge in [0.05, 0.1) is 0 Å². The quantitative estimate of drug-likeness (QED) is 0.671. The molecule has 0 bridgehead atoms. The Labute approximate surface area is 151 Å². The molecule has 5 nitrogen and oxygen atoms in total. The van der Waals surface area contributed by atoms with Gasteiger partial charge in [-0.3, -0.25) is 9.69 Å². The van der Waals surface area contributed by atoms with Gasteiger partial charge in [0.25, 0.3) is 0 Å². The largest absolute Gasteiger partial charge is 0.454 e. The average Bonchev–Trinajstić information content (AvgIpc) is 3.09. The summed E-state index contributed by atoms with van der Waals surface area (Å²) in [4.78, 5) is 15.5. The van der Waals surface area contributed by atoms with Crippen molar-refractivity contribution in [2.75, 3.05) is 37.1 Å². The van der Waals surface area contributed by atoms with Crippen molar-refractivity contribution in [2.24, 2.45) is 0 Å². The molecule has 2 aliphatic rings. The molecular formula is C19H20N2O3S. The molecule has 4 rings (SSSR count). The van der Waals surface area contributed by atoms with E-state index in [1.54, 1.807) is 12.1 Å². The zero-order valence-electron chi connectivity index (χ0n) is 13.9. The van der Waals surface area contributed by atoms with Gasteiger partial charge in [0.15, 0.2) is 17.3 Å². The number of benzene rings is 2. The van der Waals surface area contributed by atoms with Crippen molar-refractivity contribution < 1.29 is 14.3 Å². The maximum absolute atomic E-state index is 13.1. The van der Waals surface area contributed by atoms with Crippen LogP contribution < -0.4 is 15.2 Å². The van der Waals surface area contributed by atoms with E-state index in [1.165, 1.54) is 0 Å². The maximum Gasteiger partial charge on any atom is 0.231 e. The van der Waals surface area contributed by atoms with Crippen LogP contribution in [0.4, 0.5) is 5.69 Å². The molecule has 0 radical (unpaired) electrons. The zero-order chi connectivity index (χ0) is 17.2.